The largest absolute Gasteiger partial charge is 0.481 e. The van der Waals surface area contributed by atoms with Gasteiger partial charge in [-0.2, -0.15) is 0 Å². The van der Waals surface area contributed by atoms with Crippen LogP contribution in [0.5, 0.6) is 5.75 Å². The van der Waals surface area contributed by atoms with E-state index in [1.165, 1.54) is 7.11 Å². The molecule has 0 radical (unpaired) electrons. The summed E-state index contributed by atoms with van der Waals surface area (Å²) in [5, 5.41) is 0. The van der Waals surface area contributed by atoms with Gasteiger partial charge in [0.05, 0.1) is 7.11 Å². The van der Waals surface area contributed by atoms with Gasteiger partial charge in [0.2, 0.25) is 0 Å². The van der Waals surface area contributed by atoms with Crippen LogP contribution in [0, 0.1) is 15.4 Å². The Morgan fingerprint density at radius 3 is 2.67 bits per heavy atom. The normalized spacial score (nSPS) is 8.67. The molecular weight excluding hydrogens is 307 g/mol. The summed E-state index contributed by atoms with van der Waals surface area (Å²) in [7, 11) is 1.29. The molecule has 0 N–H and O–H groups in total. The molecule has 1 aromatic carbocycles. The molecule has 4 heteroatoms. The van der Waals surface area contributed by atoms with Crippen LogP contribution < -0.4 is 4.74 Å². The van der Waals surface area contributed by atoms with E-state index in [1.807, 2.05) is 24.3 Å². The first-order valence-corrected chi connectivity index (χ1v) is 5.25. The third kappa shape index (κ3) is 4.70. The molecule has 0 aromatic heterocycles. The third-order valence-electron chi connectivity index (χ3n) is 1.50. The van der Waals surface area contributed by atoms with Gasteiger partial charge in [-0.1, -0.05) is 0 Å². The molecule has 0 amide bonds. The van der Waals surface area contributed by atoms with Crippen molar-refractivity contribution in [2.24, 2.45) is 0 Å². The molecule has 78 valence electrons. The van der Waals surface area contributed by atoms with Crippen molar-refractivity contribution in [1.29, 1.82) is 0 Å². The lowest BCUT2D eigenvalue weighted by Gasteiger charge is -2.00. The lowest BCUT2D eigenvalue weighted by Crippen LogP contribution is -1.98. The van der Waals surface area contributed by atoms with Crippen LogP contribution in [-0.2, 0) is 9.53 Å². The van der Waals surface area contributed by atoms with Gasteiger partial charge >= 0.3 is 5.97 Å². The first-order valence-electron chi connectivity index (χ1n) is 4.17. The maximum absolute atomic E-state index is 10.6. The van der Waals surface area contributed by atoms with Crippen LogP contribution in [0.15, 0.2) is 24.3 Å². The highest BCUT2D eigenvalue weighted by molar-refractivity contribution is 14.1. The van der Waals surface area contributed by atoms with Crippen molar-refractivity contribution in [3.63, 3.8) is 0 Å². The van der Waals surface area contributed by atoms with Crippen molar-refractivity contribution < 1.29 is 14.3 Å². The quantitative estimate of drug-likeness (QED) is 0.361. The van der Waals surface area contributed by atoms with Gasteiger partial charge in [0, 0.05) is 9.49 Å². The number of methoxy groups -OCH3 is 1. The van der Waals surface area contributed by atoms with Gasteiger partial charge in [0.1, 0.15) is 12.4 Å². The topological polar surface area (TPSA) is 35.5 Å². The van der Waals surface area contributed by atoms with Crippen molar-refractivity contribution in [3.05, 3.63) is 27.8 Å². The predicted molar refractivity (Wildman–Crippen MR) is 64.4 cm³/mol. The van der Waals surface area contributed by atoms with Gasteiger partial charge in [-0.05, 0) is 52.8 Å². The van der Waals surface area contributed by atoms with Crippen LogP contribution in [0.1, 0.15) is 0 Å². The molecule has 3 nitrogen and oxygen atoms in total. The van der Waals surface area contributed by atoms with Crippen LogP contribution in [0.2, 0.25) is 0 Å². The molecule has 0 unspecified atom stereocenters. The molecular formula is C11H9IO3. The fourth-order valence-corrected chi connectivity index (χ4v) is 1.17. The van der Waals surface area contributed by atoms with Gasteiger partial charge in [-0.25, -0.2) is 4.79 Å². The molecule has 0 atom stereocenters. The molecule has 1 rings (SSSR count). The minimum atomic E-state index is -0.554. The van der Waals surface area contributed by atoms with E-state index in [4.69, 9.17) is 4.74 Å². The van der Waals surface area contributed by atoms with Crippen LogP contribution in [0.3, 0.4) is 0 Å². The van der Waals surface area contributed by atoms with E-state index in [-0.39, 0.29) is 6.61 Å². The van der Waals surface area contributed by atoms with Crippen molar-refractivity contribution in [1.82, 2.24) is 0 Å². The molecule has 0 aliphatic heterocycles. The number of ether oxygens (including phenoxy) is 2. The van der Waals surface area contributed by atoms with E-state index in [9.17, 15) is 4.79 Å². The Morgan fingerprint density at radius 2 is 2.07 bits per heavy atom. The van der Waals surface area contributed by atoms with E-state index >= 15 is 0 Å². The maximum Gasteiger partial charge on any atom is 0.384 e. The van der Waals surface area contributed by atoms with Gasteiger partial charge < -0.3 is 9.47 Å². The lowest BCUT2D eigenvalue weighted by atomic mass is 10.3. The summed E-state index contributed by atoms with van der Waals surface area (Å²) in [6, 6.07) is 7.57. The number of rotatable bonds is 2. The summed E-state index contributed by atoms with van der Waals surface area (Å²) >= 11 is 2.21. The summed E-state index contributed by atoms with van der Waals surface area (Å²) in [6.45, 7) is 0.176. The minimum absolute atomic E-state index is 0.176. The number of esters is 1. The standard InChI is InChI=1S/C11H9IO3/c1-14-11(13)3-2-8-15-10-6-4-9(12)5-7-10/h4-7H,8H2,1H3. The molecule has 0 saturated heterocycles. The zero-order chi connectivity index (χ0) is 11.1. The summed E-state index contributed by atoms with van der Waals surface area (Å²) in [6.07, 6.45) is 0. The smallest absolute Gasteiger partial charge is 0.384 e. The highest BCUT2D eigenvalue weighted by atomic mass is 127. The Bertz CT molecular complexity index is 387. The minimum Gasteiger partial charge on any atom is -0.481 e. The maximum atomic E-state index is 10.6. The second-order valence-corrected chi connectivity index (χ2v) is 3.78. The van der Waals surface area contributed by atoms with Crippen LogP contribution in [-0.4, -0.2) is 19.7 Å². The predicted octanol–water partition coefficient (Wildman–Crippen LogP) is 1.85. The second-order valence-electron chi connectivity index (χ2n) is 2.54. The molecule has 0 spiro atoms. The molecule has 0 bridgehead atoms. The molecule has 0 heterocycles. The fraction of sp³-hybridized carbons (Fsp3) is 0.182. The average molecular weight is 316 g/mol. The highest BCUT2D eigenvalue weighted by Gasteiger charge is 1.92. The lowest BCUT2D eigenvalue weighted by molar-refractivity contribution is -0.133. The zero-order valence-electron chi connectivity index (χ0n) is 8.12. The summed E-state index contributed by atoms with van der Waals surface area (Å²) < 4.78 is 10.8. The van der Waals surface area contributed by atoms with Gasteiger partial charge in [-0.15, -0.1) is 0 Å². The van der Waals surface area contributed by atoms with Crippen molar-refractivity contribution in [2.75, 3.05) is 13.7 Å². The average Bonchev–Trinajstić information content (AvgIpc) is 2.26. The van der Waals surface area contributed by atoms with E-state index in [0.29, 0.717) is 0 Å². The molecule has 0 fully saturated rings. The number of halogens is 1. The number of hydrogen-bond acceptors (Lipinski definition) is 3. The highest BCUT2D eigenvalue weighted by Crippen LogP contribution is 2.12. The van der Waals surface area contributed by atoms with Crippen molar-refractivity contribution in [3.8, 4) is 17.6 Å². The van der Waals surface area contributed by atoms with Crippen LogP contribution in [0.25, 0.3) is 0 Å². The fourth-order valence-electron chi connectivity index (χ4n) is 0.810. The Balaban J connectivity index is 2.40. The third-order valence-corrected chi connectivity index (χ3v) is 2.22. The van der Waals surface area contributed by atoms with Crippen molar-refractivity contribution >= 4 is 28.6 Å². The van der Waals surface area contributed by atoms with E-state index in [2.05, 4.69) is 39.2 Å². The summed E-state index contributed by atoms with van der Waals surface area (Å²) in [5.74, 6) is 5.00. The zero-order valence-corrected chi connectivity index (χ0v) is 10.3. The first kappa shape index (κ1) is 11.9. The van der Waals surface area contributed by atoms with Gasteiger partial charge in [0.15, 0.2) is 0 Å². The number of hydrogen-bond donors (Lipinski definition) is 0. The van der Waals surface area contributed by atoms with Gasteiger partial charge in [-0.3, -0.25) is 0 Å². The first-order chi connectivity index (χ1) is 7.22. The van der Waals surface area contributed by atoms with E-state index < -0.39 is 5.97 Å². The number of carbonyl (C=O) groups excluding carboxylic acids is 1. The molecule has 0 aliphatic carbocycles. The van der Waals surface area contributed by atoms with E-state index in [1.54, 1.807) is 0 Å². The van der Waals surface area contributed by atoms with Gasteiger partial charge in [0.25, 0.3) is 0 Å². The Kier molecular flexibility index (Phi) is 4.98. The summed E-state index contributed by atoms with van der Waals surface area (Å²) in [5.41, 5.74) is 0. The summed E-state index contributed by atoms with van der Waals surface area (Å²) in [4.78, 5) is 10.6. The van der Waals surface area contributed by atoms with Crippen molar-refractivity contribution in [2.45, 2.75) is 0 Å². The number of carbonyl (C=O) groups is 1. The Labute approximate surface area is 102 Å². The molecule has 0 saturated carbocycles. The SMILES string of the molecule is COC(=O)C#CCOc1ccc(I)cc1. The van der Waals surface area contributed by atoms with Crippen LogP contribution in [0.4, 0.5) is 0 Å². The second kappa shape index (κ2) is 6.30. The molecule has 0 aliphatic rings. The van der Waals surface area contributed by atoms with Crippen LogP contribution >= 0.6 is 22.6 Å². The monoisotopic (exact) mass is 316 g/mol. The van der Waals surface area contributed by atoms with E-state index in [0.717, 1.165) is 9.32 Å². The number of benzene rings is 1. The molecule has 1 aromatic rings. The Hall–Kier alpha value is -1.22. The molecule has 15 heavy (non-hydrogen) atoms. The Morgan fingerprint density at radius 1 is 1.40 bits per heavy atom.